The van der Waals surface area contributed by atoms with E-state index in [9.17, 15) is 0 Å². The molecule has 12 heavy (non-hydrogen) atoms. The lowest BCUT2D eigenvalue weighted by molar-refractivity contribution is 0.424. The van der Waals surface area contributed by atoms with Crippen LogP contribution in [-0.2, 0) is 5.41 Å². The summed E-state index contributed by atoms with van der Waals surface area (Å²) in [6.45, 7) is 8.75. The summed E-state index contributed by atoms with van der Waals surface area (Å²) in [4.78, 5) is 1.39. The Morgan fingerprint density at radius 1 is 1.33 bits per heavy atom. The first-order valence-corrected chi connectivity index (χ1v) is 4.91. The highest BCUT2D eigenvalue weighted by molar-refractivity contribution is 7.14. The van der Waals surface area contributed by atoms with E-state index in [1.54, 1.807) is 18.4 Å². The zero-order valence-electron chi connectivity index (χ0n) is 8.39. The fraction of sp³-hybridized carbons (Fsp3) is 0.600. The van der Waals surface area contributed by atoms with Gasteiger partial charge in [0.2, 0.25) is 0 Å². The molecule has 0 N–H and O–H groups in total. The standard InChI is InChI=1S/C10H16OS/c1-7-6-8(10(2,3)4)12-9(7)11-5/h6H,1-5H3. The first kappa shape index (κ1) is 9.59. The maximum atomic E-state index is 5.24. The molecule has 1 aromatic rings. The first-order valence-electron chi connectivity index (χ1n) is 4.10. The highest BCUT2D eigenvalue weighted by Crippen LogP contribution is 2.36. The molecular weight excluding hydrogens is 168 g/mol. The third kappa shape index (κ3) is 1.81. The molecule has 68 valence electrons. The minimum atomic E-state index is 0.242. The van der Waals surface area contributed by atoms with Crippen LogP contribution in [0.3, 0.4) is 0 Å². The Labute approximate surface area is 78.4 Å². The van der Waals surface area contributed by atoms with Crippen molar-refractivity contribution in [3.05, 3.63) is 16.5 Å². The summed E-state index contributed by atoms with van der Waals surface area (Å²) in [7, 11) is 1.73. The van der Waals surface area contributed by atoms with Crippen LogP contribution in [-0.4, -0.2) is 7.11 Å². The van der Waals surface area contributed by atoms with Gasteiger partial charge in [0.25, 0.3) is 0 Å². The molecule has 0 fully saturated rings. The smallest absolute Gasteiger partial charge is 0.176 e. The Morgan fingerprint density at radius 2 is 1.92 bits per heavy atom. The van der Waals surface area contributed by atoms with Crippen molar-refractivity contribution in [3.8, 4) is 5.06 Å². The van der Waals surface area contributed by atoms with Gasteiger partial charge in [-0.2, -0.15) is 0 Å². The first-order chi connectivity index (χ1) is 5.45. The molecular formula is C10H16OS. The van der Waals surface area contributed by atoms with Gasteiger partial charge in [0.15, 0.2) is 5.06 Å². The maximum Gasteiger partial charge on any atom is 0.176 e. The molecule has 1 aromatic heterocycles. The molecule has 0 atom stereocenters. The molecule has 0 radical (unpaired) electrons. The number of hydrogen-bond acceptors (Lipinski definition) is 2. The molecule has 2 heteroatoms. The van der Waals surface area contributed by atoms with E-state index >= 15 is 0 Å². The van der Waals surface area contributed by atoms with Crippen LogP contribution in [0.25, 0.3) is 0 Å². The molecule has 0 spiro atoms. The number of methoxy groups -OCH3 is 1. The fourth-order valence-corrected chi connectivity index (χ4v) is 2.08. The minimum Gasteiger partial charge on any atom is -0.487 e. The van der Waals surface area contributed by atoms with Crippen LogP contribution in [0, 0.1) is 6.92 Å². The van der Waals surface area contributed by atoms with Gasteiger partial charge in [0, 0.05) is 10.4 Å². The van der Waals surface area contributed by atoms with Crippen LogP contribution in [0.5, 0.6) is 5.06 Å². The van der Waals surface area contributed by atoms with Crippen molar-refractivity contribution < 1.29 is 4.74 Å². The lowest BCUT2D eigenvalue weighted by atomic mass is 9.94. The number of thiophene rings is 1. The van der Waals surface area contributed by atoms with E-state index in [4.69, 9.17) is 4.74 Å². The Bertz CT molecular complexity index is 268. The number of hydrogen-bond donors (Lipinski definition) is 0. The SMILES string of the molecule is COc1sc(C(C)(C)C)cc1C. The van der Waals surface area contributed by atoms with Crippen LogP contribution in [0.1, 0.15) is 31.2 Å². The van der Waals surface area contributed by atoms with Crippen LogP contribution >= 0.6 is 11.3 Å². The summed E-state index contributed by atoms with van der Waals surface area (Å²) < 4.78 is 5.24. The quantitative estimate of drug-likeness (QED) is 0.650. The molecule has 0 saturated carbocycles. The third-order valence-corrected chi connectivity index (χ3v) is 3.42. The molecule has 0 aliphatic heterocycles. The molecule has 1 heterocycles. The monoisotopic (exact) mass is 184 g/mol. The average molecular weight is 184 g/mol. The third-order valence-electron chi connectivity index (χ3n) is 1.80. The normalized spacial score (nSPS) is 11.8. The van der Waals surface area contributed by atoms with Gasteiger partial charge in [-0.3, -0.25) is 0 Å². The number of aryl methyl sites for hydroxylation is 1. The summed E-state index contributed by atoms with van der Waals surface area (Å²) in [6.07, 6.45) is 0. The summed E-state index contributed by atoms with van der Waals surface area (Å²) in [5.41, 5.74) is 1.49. The van der Waals surface area contributed by atoms with Crippen LogP contribution in [0.15, 0.2) is 6.07 Å². The van der Waals surface area contributed by atoms with Gasteiger partial charge in [-0.15, -0.1) is 11.3 Å². The van der Waals surface area contributed by atoms with E-state index in [0.29, 0.717) is 0 Å². The van der Waals surface area contributed by atoms with Crippen molar-refractivity contribution in [2.45, 2.75) is 33.1 Å². The molecule has 0 bridgehead atoms. The van der Waals surface area contributed by atoms with Gasteiger partial charge >= 0.3 is 0 Å². The predicted molar refractivity (Wildman–Crippen MR) is 54.3 cm³/mol. The van der Waals surface area contributed by atoms with Gasteiger partial charge in [0.05, 0.1) is 7.11 Å². The molecule has 0 aliphatic rings. The minimum absolute atomic E-state index is 0.242. The van der Waals surface area contributed by atoms with Crippen LogP contribution in [0.2, 0.25) is 0 Å². The topological polar surface area (TPSA) is 9.23 Å². The van der Waals surface area contributed by atoms with Crippen molar-refractivity contribution >= 4 is 11.3 Å². The summed E-state index contributed by atoms with van der Waals surface area (Å²) >= 11 is 1.74. The summed E-state index contributed by atoms with van der Waals surface area (Å²) in [6, 6.07) is 2.21. The van der Waals surface area contributed by atoms with Crippen molar-refractivity contribution in [2.24, 2.45) is 0 Å². The summed E-state index contributed by atoms with van der Waals surface area (Å²) in [5, 5.41) is 1.04. The number of rotatable bonds is 1. The van der Waals surface area contributed by atoms with E-state index in [1.807, 2.05) is 0 Å². The lowest BCUT2D eigenvalue weighted by Crippen LogP contribution is -2.07. The maximum absolute atomic E-state index is 5.24. The second-order valence-electron chi connectivity index (χ2n) is 4.04. The fourth-order valence-electron chi connectivity index (χ4n) is 1.04. The van der Waals surface area contributed by atoms with Crippen molar-refractivity contribution in [3.63, 3.8) is 0 Å². The van der Waals surface area contributed by atoms with Crippen LogP contribution in [0.4, 0.5) is 0 Å². The molecule has 0 aliphatic carbocycles. The second-order valence-corrected chi connectivity index (χ2v) is 5.05. The van der Waals surface area contributed by atoms with Crippen molar-refractivity contribution in [1.82, 2.24) is 0 Å². The van der Waals surface area contributed by atoms with Crippen LogP contribution < -0.4 is 4.74 Å². The molecule has 1 rings (SSSR count). The highest BCUT2D eigenvalue weighted by atomic mass is 32.1. The van der Waals surface area contributed by atoms with Gasteiger partial charge < -0.3 is 4.74 Å². The van der Waals surface area contributed by atoms with Gasteiger partial charge in [-0.25, -0.2) is 0 Å². The molecule has 1 nitrogen and oxygen atoms in total. The van der Waals surface area contributed by atoms with Gasteiger partial charge in [0.1, 0.15) is 0 Å². The Morgan fingerprint density at radius 3 is 2.17 bits per heavy atom. The molecule has 0 amide bonds. The van der Waals surface area contributed by atoms with E-state index in [1.165, 1.54) is 10.4 Å². The van der Waals surface area contributed by atoms with E-state index in [2.05, 4.69) is 33.8 Å². The Balaban J connectivity index is 3.05. The molecule has 0 saturated heterocycles. The molecule has 0 unspecified atom stereocenters. The average Bonchev–Trinajstić information content (AvgIpc) is 2.29. The summed E-state index contributed by atoms with van der Waals surface area (Å²) in [5.74, 6) is 0. The number of ether oxygens (including phenoxy) is 1. The van der Waals surface area contributed by atoms with E-state index in [-0.39, 0.29) is 5.41 Å². The van der Waals surface area contributed by atoms with Crippen molar-refractivity contribution in [1.29, 1.82) is 0 Å². The van der Waals surface area contributed by atoms with Gasteiger partial charge in [-0.05, 0) is 18.4 Å². The lowest BCUT2D eigenvalue weighted by Gasteiger charge is -2.14. The molecule has 0 aromatic carbocycles. The van der Waals surface area contributed by atoms with E-state index in [0.717, 1.165) is 5.06 Å². The van der Waals surface area contributed by atoms with Crippen molar-refractivity contribution in [2.75, 3.05) is 7.11 Å². The zero-order valence-corrected chi connectivity index (χ0v) is 9.21. The largest absolute Gasteiger partial charge is 0.487 e. The second kappa shape index (κ2) is 3.09. The van der Waals surface area contributed by atoms with E-state index < -0.39 is 0 Å². The highest BCUT2D eigenvalue weighted by Gasteiger charge is 2.18. The van der Waals surface area contributed by atoms with Gasteiger partial charge in [-0.1, -0.05) is 20.8 Å². The Kier molecular flexibility index (Phi) is 2.47. The predicted octanol–water partition coefficient (Wildman–Crippen LogP) is 3.36. The Hall–Kier alpha value is -0.500. The zero-order chi connectivity index (χ0) is 9.35.